The Balaban J connectivity index is 1.86. The largest absolute Gasteiger partial charge is 0.308 e. The molecule has 0 amide bonds. The van der Waals surface area contributed by atoms with Crippen molar-refractivity contribution in [2.75, 3.05) is 20.1 Å². The minimum atomic E-state index is -0.114. The van der Waals surface area contributed by atoms with Crippen molar-refractivity contribution in [3.05, 3.63) is 35.6 Å². The van der Waals surface area contributed by atoms with E-state index in [0.717, 1.165) is 25.1 Å². The minimum absolute atomic E-state index is 0.114. The lowest BCUT2D eigenvalue weighted by atomic mass is 10.2. The summed E-state index contributed by atoms with van der Waals surface area (Å²) in [6, 6.07) is 7.46. The number of likely N-dealkylation sites (tertiary alicyclic amines) is 1. The highest BCUT2D eigenvalue weighted by atomic mass is 19.1. The van der Waals surface area contributed by atoms with Crippen LogP contribution in [0.5, 0.6) is 0 Å². The molecule has 0 aromatic heterocycles. The summed E-state index contributed by atoms with van der Waals surface area (Å²) in [6.45, 7) is 2.83. The number of halogens is 1. The number of nitrogens with zero attached hydrogens (tertiary/aromatic N) is 1. The lowest BCUT2D eigenvalue weighted by Gasteiger charge is -2.12. The van der Waals surface area contributed by atoms with Crippen molar-refractivity contribution < 1.29 is 4.39 Å². The van der Waals surface area contributed by atoms with Crippen LogP contribution in [0.25, 0.3) is 0 Å². The van der Waals surface area contributed by atoms with Crippen LogP contribution in [-0.4, -0.2) is 31.1 Å². The third-order valence-electron chi connectivity index (χ3n) is 2.93. The van der Waals surface area contributed by atoms with Crippen molar-refractivity contribution in [1.82, 2.24) is 10.2 Å². The Bertz CT molecular complexity index is 327. The highest BCUT2D eigenvalue weighted by molar-refractivity contribution is 5.17. The topological polar surface area (TPSA) is 15.3 Å². The van der Waals surface area contributed by atoms with E-state index >= 15 is 0 Å². The monoisotopic (exact) mass is 208 g/mol. The summed E-state index contributed by atoms with van der Waals surface area (Å²) in [7, 11) is 2.12. The van der Waals surface area contributed by atoms with Gasteiger partial charge in [-0.1, -0.05) is 18.2 Å². The van der Waals surface area contributed by atoms with Crippen LogP contribution >= 0.6 is 0 Å². The summed E-state index contributed by atoms with van der Waals surface area (Å²) in [5, 5.41) is 3.39. The van der Waals surface area contributed by atoms with Crippen molar-refractivity contribution in [3.8, 4) is 0 Å². The Morgan fingerprint density at radius 1 is 1.47 bits per heavy atom. The molecule has 1 aromatic rings. The Hall–Kier alpha value is -0.930. The van der Waals surface area contributed by atoms with Crippen molar-refractivity contribution in [2.45, 2.75) is 19.0 Å². The second-order valence-corrected chi connectivity index (χ2v) is 4.22. The molecule has 0 radical (unpaired) electrons. The number of nitrogens with one attached hydrogen (secondary N) is 1. The Morgan fingerprint density at radius 3 is 2.93 bits per heavy atom. The Kier molecular flexibility index (Phi) is 3.34. The molecule has 0 bridgehead atoms. The molecule has 1 saturated heterocycles. The van der Waals surface area contributed by atoms with Gasteiger partial charge in [0.05, 0.1) is 0 Å². The Morgan fingerprint density at radius 2 is 2.27 bits per heavy atom. The number of hydrogen-bond acceptors (Lipinski definition) is 2. The molecule has 3 heteroatoms. The van der Waals surface area contributed by atoms with E-state index in [2.05, 4.69) is 17.3 Å². The summed E-state index contributed by atoms with van der Waals surface area (Å²) in [5.74, 6) is -0.114. The van der Waals surface area contributed by atoms with E-state index in [0.29, 0.717) is 12.6 Å². The summed E-state index contributed by atoms with van der Waals surface area (Å²) in [6.07, 6.45) is 1.16. The van der Waals surface area contributed by atoms with E-state index in [9.17, 15) is 4.39 Å². The molecule has 1 unspecified atom stereocenters. The molecule has 1 aliphatic heterocycles. The Labute approximate surface area is 90.1 Å². The van der Waals surface area contributed by atoms with Gasteiger partial charge in [-0.15, -0.1) is 0 Å². The molecule has 82 valence electrons. The molecule has 0 saturated carbocycles. The zero-order chi connectivity index (χ0) is 10.7. The fourth-order valence-corrected chi connectivity index (χ4v) is 2.00. The molecule has 1 fully saturated rings. The van der Waals surface area contributed by atoms with Crippen LogP contribution in [0.15, 0.2) is 24.3 Å². The molecule has 1 heterocycles. The first-order valence-electron chi connectivity index (χ1n) is 5.41. The summed E-state index contributed by atoms with van der Waals surface area (Å²) in [4.78, 5) is 2.29. The van der Waals surface area contributed by atoms with Gasteiger partial charge in [0.2, 0.25) is 0 Å². The minimum Gasteiger partial charge on any atom is -0.308 e. The third kappa shape index (κ3) is 2.76. The summed E-state index contributed by atoms with van der Waals surface area (Å²) < 4.78 is 13.3. The maximum absolute atomic E-state index is 13.3. The van der Waals surface area contributed by atoms with Crippen LogP contribution in [-0.2, 0) is 6.54 Å². The first-order chi connectivity index (χ1) is 7.25. The second kappa shape index (κ2) is 4.73. The molecule has 1 N–H and O–H groups in total. The predicted octanol–water partition coefficient (Wildman–Crippen LogP) is 1.62. The normalized spacial score (nSPS) is 22.1. The predicted molar refractivity (Wildman–Crippen MR) is 59.1 cm³/mol. The van der Waals surface area contributed by atoms with Crippen LogP contribution in [0.1, 0.15) is 12.0 Å². The molecule has 1 aliphatic rings. The fourth-order valence-electron chi connectivity index (χ4n) is 2.00. The number of benzene rings is 1. The highest BCUT2D eigenvalue weighted by Gasteiger charge is 2.18. The van der Waals surface area contributed by atoms with Crippen LogP contribution in [0.4, 0.5) is 4.39 Å². The molecule has 1 aromatic carbocycles. The van der Waals surface area contributed by atoms with Gasteiger partial charge in [0.15, 0.2) is 0 Å². The van der Waals surface area contributed by atoms with Crippen molar-refractivity contribution in [1.29, 1.82) is 0 Å². The second-order valence-electron chi connectivity index (χ2n) is 4.22. The van der Waals surface area contributed by atoms with Gasteiger partial charge in [0.25, 0.3) is 0 Å². The summed E-state index contributed by atoms with van der Waals surface area (Å²) in [5.41, 5.74) is 0.757. The van der Waals surface area contributed by atoms with Crippen LogP contribution in [0, 0.1) is 5.82 Å². The van der Waals surface area contributed by atoms with Gasteiger partial charge in [-0.3, -0.25) is 0 Å². The van der Waals surface area contributed by atoms with Crippen molar-refractivity contribution >= 4 is 0 Å². The van der Waals surface area contributed by atoms with Gasteiger partial charge in [0, 0.05) is 24.7 Å². The zero-order valence-corrected chi connectivity index (χ0v) is 9.04. The van der Waals surface area contributed by atoms with E-state index in [-0.39, 0.29) is 5.82 Å². The number of likely N-dealkylation sites (N-methyl/N-ethyl adjacent to an activating group) is 1. The van der Waals surface area contributed by atoms with Gasteiger partial charge in [-0.25, -0.2) is 4.39 Å². The molecule has 15 heavy (non-hydrogen) atoms. The molecular weight excluding hydrogens is 191 g/mol. The van der Waals surface area contributed by atoms with E-state index < -0.39 is 0 Å². The van der Waals surface area contributed by atoms with Crippen molar-refractivity contribution in [3.63, 3.8) is 0 Å². The molecular formula is C12H17FN2. The van der Waals surface area contributed by atoms with Gasteiger partial charge < -0.3 is 10.2 Å². The molecule has 0 aliphatic carbocycles. The highest BCUT2D eigenvalue weighted by Crippen LogP contribution is 2.09. The number of rotatable bonds is 3. The van der Waals surface area contributed by atoms with E-state index in [1.807, 2.05) is 12.1 Å². The molecule has 0 spiro atoms. The smallest absolute Gasteiger partial charge is 0.127 e. The average molecular weight is 208 g/mol. The SMILES string of the molecule is CN1CCC(NCc2ccccc2F)C1. The number of hydrogen-bond donors (Lipinski definition) is 1. The van der Waals surface area contributed by atoms with Crippen LogP contribution in [0.3, 0.4) is 0 Å². The van der Waals surface area contributed by atoms with E-state index in [4.69, 9.17) is 0 Å². The van der Waals surface area contributed by atoms with Crippen molar-refractivity contribution in [2.24, 2.45) is 0 Å². The molecule has 1 atom stereocenters. The quantitative estimate of drug-likeness (QED) is 0.812. The van der Waals surface area contributed by atoms with Crippen LogP contribution in [0.2, 0.25) is 0 Å². The van der Waals surface area contributed by atoms with Gasteiger partial charge in [-0.2, -0.15) is 0 Å². The zero-order valence-electron chi connectivity index (χ0n) is 9.04. The lowest BCUT2D eigenvalue weighted by Crippen LogP contribution is -2.31. The fraction of sp³-hybridized carbons (Fsp3) is 0.500. The standard InChI is InChI=1S/C12H17FN2/c1-15-7-6-11(9-15)14-8-10-4-2-3-5-12(10)13/h2-5,11,14H,6-9H2,1H3. The molecule has 2 nitrogen and oxygen atoms in total. The van der Waals surface area contributed by atoms with Gasteiger partial charge in [-0.05, 0) is 26.1 Å². The lowest BCUT2D eigenvalue weighted by molar-refractivity contribution is 0.397. The maximum atomic E-state index is 13.3. The van der Waals surface area contributed by atoms with E-state index in [1.165, 1.54) is 6.07 Å². The average Bonchev–Trinajstić information content (AvgIpc) is 2.63. The van der Waals surface area contributed by atoms with E-state index in [1.54, 1.807) is 6.07 Å². The first kappa shape index (κ1) is 10.6. The van der Waals surface area contributed by atoms with Gasteiger partial charge >= 0.3 is 0 Å². The third-order valence-corrected chi connectivity index (χ3v) is 2.93. The van der Waals surface area contributed by atoms with Gasteiger partial charge in [0.1, 0.15) is 5.82 Å². The molecule has 2 rings (SSSR count). The first-order valence-corrected chi connectivity index (χ1v) is 5.41. The maximum Gasteiger partial charge on any atom is 0.127 e. The summed E-state index contributed by atoms with van der Waals surface area (Å²) >= 11 is 0. The van der Waals surface area contributed by atoms with Crippen LogP contribution < -0.4 is 5.32 Å².